The second-order valence-corrected chi connectivity index (χ2v) is 4.92. The highest BCUT2D eigenvalue weighted by molar-refractivity contribution is 6.42. The SMILES string of the molecule is CCNC(C)c1ccc(-c2ccc(Cl)c(Cl)c2)o1. The van der Waals surface area contributed by atoms with E-state index in [4.69, 9.17) is 27.6 Å². The Morgan fingerprint density at radius 2 is 1.94 bits per heavy atom. The zero-order valence-electron chi connectivity index (χ0n) is 10.3. The van der Waals surface area contributed by atoms with Crippen molar-refractivity contribution in [2.24, 2.45) is 0 Å². The number of furan rings is 1. The van der Waals surface area contributed by atoms with Crippen LogP contribution in [0.15, 0.2) is 34.7 Å². The van der Waals surface area contributed by atoms with E-state index in [0.29, 0.717) is 10.0 Å². The molecule has 1 N–H and O–H groups in total. The van der Waals surface area contributed by atoms with Crippen LogP contribution >= 0.6 is 23.2 Å². The highest BCUT2D eigenvalue weighted by Crippen LogP contribution is 2.30. The van der Waals surface area contributed by atoms with Crippen LogP contribution in [0.3, 0.4) is 0 Å². The van der Waals surface area contributed by atoms with E-state index in [1.165, 1.54) is 0 Å². The number of halogens is 2. The van der Waals surface area contributed by atoms with Gasteiger partial charge in [0.1, 0.15) is 11.5 Å². The summed E-state index contributed by atoms with van der Waals surface area (Å²) in [6, 6.07) is 9.61. The fourth-order valence-electron chi connectivity index (χ4n) is 1.80. The highest BCUT2D eigenvalue weighted by Gasteiger charge is 2.11. The van der Waals surface area contributed by atoms with Crippen LogP contribution in [0.2, 0.25) is 10.0 Å². The molecule has 1 atom stereocenters. The third-order valence-corrected chi connectivity index (χ3v) is 3.51. The molecule has 1 aromatic carbocycles. The fraction of sp³-hybridized carbons (Fsp3) is 0.286. The molecule has 2 nitrogen and oxygen atoms in total. The quantitative estimate of drug-likeness (QED) is 0.861. The summed E-state index contributed by atoms with van der Waals surface area (Å²) in [6.45, 7) is 5.05. The van der Waals surface area contributed by atoms with Gasteiger partial charge >= 0.3 is 0 Å². The zero-order valence-corrected chi connectivity index (χ0v) is 11.8. The Morgan fingerprint density at radius 1 is 1.17 bits per heavy atom. The molecular formula is C14H15Cl2NO. The summed E-state index contributed by atoms with van der Waals surface area (Å²) in [5.41, 5.74) is 0.930. The lowest BCUT2D eigenvalue weighted by Gasteiger charge is -2.08. The molecule has 0 aliphatic carbocycles. The molecule has 0 radical (unpaired) electrons. The lowest BCUT2D eigenvalue weighted by Crippen LogP contribution is -2.16. The van der Waals surface area contributed by atoms with Crippen molar-refractivity contribution in [2.45, 2.75) is 19.9 Å². The average Bonchev–Trinajstić information content (AvgIpc) is 2.82. The van der Waals surface area contributed by atoms with E-state index in [1.807, 2.05) is 24.3 Å². The summed E-state index contributed by atoms with van der Waals surface area (Å²) in [4.78, 5) is 0. The summed E-state index contributed by atoms with van der Waals surface area (Å²) < 4.78 is 5.81. The van der Waals surface area contributed by atoms with E-state index in [0.717, 1.165) is 23.6 Å². The van der Waals surface area contributed by atoms with Crippen LogP contribution in [0, 0.1) is 0 Å². The third kappa shape index (κ3) is 2.89. The largest absolute Gasteiger partial charge is 0.459 e. The fourth-order valence-corrected chi connectivity index (χ4v) is 2.09. The number of hydrogen-bond acceptors (Lipinski definition) is 2. The molecule has 1 unspecified atom stereocenters. The monoisotopic (exact) mass is 283 g/mol. The Morgan fingerprint density at radius 3 is 2.61 bits per heavy atom. The molecule has 0 aliphatic rings. The van der Waals surface area contributed by atoms with Crippen molar-refractivity contribution in [1.29, 1.82) is 0 Å². The van der Waals surface area contributed by atoms with Gasteiger partial charge in [-0.1, -0.05) is 30.1 Å². The van der Waals surface area contributed by atoms with E-state index >= 15 is 0 Å². The van der Waals surface area contributed by atoms with Crippen LogP contribution in [0.4, 0.5) is 0 Å². The molecule has 1 aromatic heterocycles. The summed E-state index contributed by atoms with van der Waals surface area (Å²) in [5, 5.41) is 4.39. The van der Waals surface area contributed by atoms with Crippen molar-refractivity contribution in [3.63, 3.8) is 0 Å². The van der Waals surface area contributed by atoms with Crippen molar-refractivity contribution in [3.05, 3.63) is 46.1 Å². The van der Waals surface area contributed by atoms with E-state index in [9.17, 15) is 0 Å². The second kappa shape index (κ2) is 5.79. The van der Waals surface area contributed by atoms with Gasteiger partial charge in [0.15, 0.2) is 0 Å². The molecule has 0 amide bonds. The van der Waals surface area contributed by atoms with Gasteiger partial charge in [0.05, 0.1) is 16.1 Å². The van der Waals surface area contributed by atoms with E-state index in [1.54, 1.807) is 6.07 Å². The third-order valence-electron chi connectivity index (χ3n) is 2.77. The lowest BCUT2D eigenvalue weighted by molar-refractivity contribution is 0.445. The number of benzene rings is 1. The molecule has 0 bridgehead atoms. The molecule has 0 fully saturated rings. The maximum atomic E-state index is 6.00. The first-order valence-electron chi connectivity index (χ1n) is 5.90. The predicted octanol–water partition coefficient (Wildman–Crippen LogP) is 4.92. The molecular weight excluding hydrogens is 269 g/mol. The first kappa shape index (κ1) is 13.5. The molecule has 2 rings (SSSR count). The van der Waals surface area contributed by atoms with Crippen LogP contribution in [-0.2, 0) is 0 Å². The summed E-state index contributed by atoms with van der Waals surface area (Å²) >= 11 is 11.9. The Bertz CT molecular complexity index is 536. The lowest BCUT2D eigenvalue weighted by atomic mass is 10.2. The zero-order chi connectivity index (χ0) is 13.1. The minimum absolute atomic E-state index is 0.200. The Labute approximate surface area is 117 Å². The van der Waals surface area contributed by atoms with Crippen molar-refractivity contribution >= 4 is 23.2 Å². The topological polar surface area (TPSA) is 25.2 Å². The van der Waals surface area contributed by atoms with Crippen LogP contribution < -0.4 is 5.32 Å². The van der Waals surface area contributed by atoms with Gasteiger partial charge in [-0.25, -0.2) is 0 Å². The highest BCUT2D eigenvalue weighted by atomic mass is 35.5. The molecule has 0 aliphatic heterocycles. The van der Waals surface area contributed by atoms with Gasteiger partial charge in [0, 0.05) is 5.56 Å². The molecule has 0 saturated heterocycles. The maximum Gasteiger partial charge on any atom is 0.134 e. The van der Waals surface area contributed by atoms with Gasteiger partial charge in [-0.3, -0.25) is 0 Å². The number of hydrogen-bond donors (Lipinski definition) is 1. The van der Waals surface area contributed by atoms with Crippen molar-refractivity contribution in [1.82, 2.24) is 5.32 Å². The van der Waals surface area contributed by atoms with Crippen LogP contribution in [0.1, 0.15) is 25.6 Å². The van der Waals surface area contributed by atoms with Gasteiger partial charge in [-0.2, -0.15) is 0 Å². The Balaban J connectivity index is 2.26. The van der Waals surface area contributed by atoms with Crippen molar-refractivity contribution in [2.75, 3.05) is 6.54 Å². The first-order chi connectivity index (χ1) is 8.61. The molecule has 1 heterocycles. The van der Waals surface area contributed by atoms with E-state index < -0.39 is 0 Å². The summed E-state index contributed by atoms with van der Waals surface area (Å²) in [5.74, 6) is 1.71. The van der Waals surface area contributed by atoms with Crippen molar-refractivity contribution in [3.8, 4) is 11.3 Å². The summed E-state index contributed by atoms with van der Waals surface area (Å²) in [6.07, 6.45) is 0. The minimum atomic E-state index is 0.200. The second-order valence-electron chi connectivity index (χ2n) is 4.11. The van der Waals surface area contributed by atoms with Crippen molar-refractivity contribution < 1.29 is 4.42 Å². The molecule has 96 valence electrons. The molecule has 4 heteroatoms. The van der Waals surface area contributed by atoms with Gasteiger partial charge in [-0.15, -0.1) is 0 Å². The molecule has 0 spiro atoms. The predicted molar refractivity (Wildman–Crippen MR) is 76.3 cm³/mol. The standard InChI is InChI=1S/C14H15Cl2NO/c1-3-17-9(2)13-6-7-14(18-13)10-4-5-11(15)12(16)8-10/h4-9,17H,3H2,1-2H3. The van der Waals surface area contributed by atoms with E-state index in [2.05, 4.69) is 19.2 Å². The summed E-state index contributed by atoms with van der Waals surface area (Å²) in [7, 11) is 0. The molecule has 18 heavy (non-hydrogen) atoms. The minimum Gasteiger partial charge on any atom is -0.459 e. The van der Waals surface area contributed by atoms with Crippen LogP contribution in [0.25, 0.3) is 11.3 Å². The normalized spacial score (nSPS) is 12.7. The Kier molecular flexibility index (Phi) is 4.33. The van der Waals surface area contributed by atoms with Crippen LogP contribution in [-0.4, -0.2) is 6.54 Å². The van der Waals surface area contributed by atoms with Gasteiger partial charge in [-0.05, 0) is 43.8 Å². The van der Waals surface area contributed by atoms with E-state index in [-0.39, 0.29) is 6.04 Å². The maximum absolute atomic E-state index is 6.00. The number of nitrogens with one attached hydrogen (secondary N) is 1. The number of rotatable bonds is 4. The first-order valence-corrected chi connectivity index (χ1v) is 6.66. The smallest absolute Gasteiger partial charge is 0.134 e. The average molecular weight is 284 g/mol. The molecule has 2 aromatic rings. The Hall–Kier alpha value is -0.960. The van der Waals surface area contributed by atoms with Gasteiger partial charge < -0.3 is 9.73 Å². The van der Waals surface area contributed by atoms with Crippen LogP contribution in [0.5, 0.6) is 0 Å². The van der Waals surface area contributed by atoms with Gasteiger partial charge in [0.25, 0.3) is 0 Å². The van der Waals surface area contributed by atoms with Gasteiger partial charge in [0.2, 0.25) is 0 Å². The molecule has 0 saturated carbocycles.